The fourth-order valence-corrected chi connectivity index (χ4v) is 2.58. The van der Waals surface area contributed by atoms with Crippen LogP contribution >= 0.6 is 23.2 Å². The van der Waals surface area contributed by atoms with Gasteiger partial charge < -0.3 is 4.74 Å². The van der Waals surface area contributed by atoms with Gasteiger partial charge in [-0.15, -0.1) is 0 Å². The molecule has 0 fully saturated rings. The van der Waals surface area contributed by atoms with Gasteiger partial charge >= 0.3 is 5.97 Å². The van der Waals surface area contributed by atoms with Crippen LogP contribution in [0.3, 0.4) is 0 Å². The van der Waals surface area contributed by atoms with Gasteiger partial charge in [-0.1, -0.05) is 49.9 Å². The molecule has 0 bridgehead atoms. The normalized spacial score (nSPS) is 11.0. The predicted molar refractivity (Wildman–Crippen MR) is 93.0 cm³/mol. The molecule has 0 heterocycles. The van der Waals surface area contributed by atoms with Crippen molar-refractivity contribution in [2.45, 2.75) is 39.5 Å². The molecule has 0 unspecified atom stereocenters. The summed E-state index contributed by atoms with van der Waals surface area (Å²) in [5.41, 5.74) is 0.361. The highest BCUT2D eigenvalue weighted by Gasteiger charge is 2.13. The average Bonchev–Trinajstić information content (AvgIpc) is 2.49. The summed E-state index contributed by atoms with van der Waals surface area (Å²) in [4.78, 5) is 14.4. The molecular formula is C17H25Cl2NO2. The molecule has 0 aliphatic carbocycles. The molecule has 0 aliphatic heterocycles. The maximum atomic E-state index is 12.0. The van der Waals surface area contributed by atoms with Crippen molar-refractivity contribution < 1.29 is 9.53 Å². The van der Waals surface area contributed by atoms with Crippen LogP contribution in [0.5, 0.6) is 0 Å². The fraction of sp³-hybridized carbons (Fsp3) is 0.588. The molecule has 0 spiro atoms. The lowest BCUT2D eigenvalue weighted by atomic mass is 10.2. The Morgan fingerprint density at radius 2 is 1.73 bits per heavy atom. The minimum Gasteiger partial charge on any atom is -0.461 e. The second kappa shape index (κ2) is 10.9. The highest BCUT2D eigenvalue weighted by Crippen LogP contribution is 2.21. The second-order valence-electron chi connectivity index (χ2n) is 5.31. The zero-order valence-electron chi connectivity index (χ0n) is 13.4. The van der Waals surface area contributed by atoms with Crippen molar-refractivity contribution in [3.05, 3.63) is 33.8 Å². The Morgan fingerprint density at radius 3 is 2.27 bits per heavy atom. The third kappa shape index (κ3) is 6.99. The molecule has 0 N–H and O–H groups in total. The van der Waals surface area contributed by atoms with Crippen LogP contribution in [0.4, 0.5) is 0 Å². The smallest absolute Gasteiger partial charge is 0.339 e. The van der Waals surface area contributed by atoms with E-state index in [0.29, 0.717) is 22.2 Å². The number of carbonyl (C=O) groups is 1. The summed E-state index contributed by atoms with van der Waals surface area (Å²) in [5.74, 6) is -0.396. The van der Waals surface area contributed by atoms with Gasteiger partial charge in [0, 0.05) is 11.6 Å². The van der Waals surface area contributed by atoms with Crippen molar-refractivity contribution in [3.8, 4) is 0 Å². The maximum Gasteiger partial charge on any atom is 0.339 e. The van der Waals surface area contributed by atoms with Gasteiger partial charge in [0.1, 0.15) is 6.61 Å². The number of rotatable bonds is 10. The number of hydrogen-bond acceptors (Lipinski definition) is 3. The van der Waals surface area contributed by atoms with E-state index in [4.69, 9.17) is 27.9 Å². The summed E-state index contributed by atoms with van der Waals surface area (Å²) in [6.45, 7) is 7.61. The molecule has 3 nitrogen and oxygen atoms in total. The predicted octanol–water partition coefficient (Wildman–Crippen LogP) is 5.05. The first-order valence-electron chi connectivity index (χ1n) is 7.93. The third-order valence-corrected chi connectivity index (χ3v) is 4.00. The first-order valence-corrected chi connectivity index (χ1v) is 8.68. The Hall–Kier alpha value is -0.770. The van der Waals surface area contributed by atoms with Crippen molar-refractivity contribution in [2.24, 2.45) is 0 Å². The third-order valence-electron chi connectivity index (χ3n) is 3.45. The van der Waals surface area contributed by atoms with Crippen molar-refractivity contribution in [1.82, 2.24) is 4.90 Å². The van der Waals surface area contributed by atoms with Gasteiger partial charge in [-0.2, -0.15) is 0 Å². The summed E-state index contributed by atoms with van der Waals surface area (Å²) >= 11 is 11.8. The van der Waals surface area contributed by atoms with Gasteiger partial charge in [-0.3, -0.25) is 4.90 Å². The van der Waals surface area contributed by atoms with Gasteiger partial charge in [-0.25, -0.2) is 4.79 Å². The highest BCUT2D eigenvalue weighted by atomic mass is 35.5. The summed E-state index contributed by atoms with van der Waals surface area (Å²) in [5, 5.41) is 0.832. The number of esters is 1. The SMILES string of the molecule is CCCCN(CCCC)CCOC(=O)c1ccc(Cl)cc1Cl. The highest BCUT2D eigenvalue weighted by molar-refractivity contribution is 6.36. The monoisotopic (exact) mass is 345 g/mol. The van der Waals surface area contributed by atoms with E-state index in [1.54, 1.807) is 18.2 Å². The van der Waals surface area contributed by atoms with E-state index in [9.17, 15) is 4.79 Å². The lowest BCUT2D eigenvalue weighted by molar-refractivity contribution is 0.0460. The zero-order chi connectivity index (χ0) is 16.4. The first kappa shape index (κ1) is 19.3. The molecule has 0 radical (unpaired) electrons. The molecule has 0 aromatic heterocycles. The first-order chi connectivity index (χ1) is 10.6. The van der Waals surface area contributed by atoms with Gasteiger partial charge in [0.2, 0.25) is 0 Å². The lowest BCUT2D eigenvalue weighted by Gasteiger charge is -2.21. The van der Waals surface area contributed by atoms with Gasteiger partial charge in [0.15, 0.2) is 0 Å². The Morgan fingerprint density at radius 1 is 1.09 bits per heavy atom. The number of hydrogen-bond donors (Lipinski definition) is 0. The Bertz CT molecular complexity index is 458. The Labute approximate surface area is 143 Å². The molecular weight excluding hydrogens is 321 g/mol. The van der Waals surface area contributed by atoms with Crippen LogP contribution in [0.25, 0.3) is 0 Å². The van der Waals surface area contributed by atoms with Crippen LogP contribution in [0.1, 0.15) is 49.9 Å². The number of benzene rings is 1. The van der Waals surface area contributed by atoms with Crippen LogP contribution in [-0.2, 0) is 4.74 Å². The van der Waals surface area contributed by atoms with E-state index in [1.807, 2.05) is 0 Å². The van der Waals surface area contributed by atoms with Crippen LogP contribution in [0, 0.1) is 0 Å². The quantitative estimate of drug-likeness (QED) is 0.555. The zero-order valence-corrected chi connectivity index (χ0v) is 14.9. The molecule has 0 saturated heterocycles. The van der Waals surface area contributed by atoms with E-state index >= 15 is 0 Å². The summed E-state index contributed by atoms with van der Waals surface area (Å²) in [6, 6.07) is 4.78. The number of ether oxygens (including phenoxy) is 1. The molecule has 0 aliphatic rings. The Balaban J connectivity index is 2.44. The van der Waals surface area contributed by atoms with E-state index in [0.717, 1.165) is 19.6 Å². The number of nitrogens with zero attached hydrogens (tertiary/aromatic N) is 1. The molecule has 1 rings (SSSR count). The molecule has 0 atom stereocenters. The summed E-state index contributed by atoms with van der Waals surface area (Å²) in [6.07, 6.45) is 4.67. The molecule has 0 amide bonds. The van der Waals surface area contributed by atoms with E-state index in [-0.39, 0.29) is 0 Å². The maximum absolute atomic E-state index is 12.0. The lowest BCUT2D eigenvalue weighted by Crippen LogP contribution is -2.30. The van der Waals surface area contributed by atoms with E-state index < -0.39 is 5.97 Å². The number of halogens is 2. The molecule has 0 saturated carbocycles. The molecule has 1 aromatic carbocycles. The summed E-state index contributed by atoms with van der Waals surface area (Å²) in [7, 11) is 0. The number of carbonyl (C=O) groups excluding carboxylic acids is 1. The van der Waals surface area contributed by atoms with Crippen LogP contribution in [0.2, 0.25) is 10.0 Å². The van der Waals surface area contributed by atoms with Crippen molar-refractivity contribution in [3.63, 3.8) is 0 Å². The van der Waals surface area contributed by atoms with Crippen molar-refractivity contribution >= 4 is 29.2 Å². The fourth-order valence-electron chi connectivity index (χ4n) is 2.10. The number of unbranched alkanes of at least 4 members (excludes halogenated alkanes) is 2. The van der Waals surface area contributed by atoms with Crippen molar-refractivity contribution in [2.75, 3.05) is 26.2 Å². The van der Waals surface area contributed by atoms with Gasteiger partial charge in [-0.05, 0) is 44.1 Å². The van der Waals surface area contributed by atoms with Crippen LogP contribution in [0.15, 0.2) is 18.2 Å². The molecule has 1 aromatic rings. The summed E-state index contributed by atoms with van der Waals surface area (Å²) < 4.78 is 5.33. The molecule has 22 heavy (non-hydrogen) atoms. The van der Waals surface area contributed by atoms with Crippen molar-refractivity contribution in [1.29, 1.82) is 0 Å². The Kier molecular flexibility index (Phi) is 9.53. The minimum atomic E-state index is -0.396. The minimum absolute atomic E-state index is 0.325. The second-order valence-corrected chi connectivity index (χ2v) is 6.15. The van der Waals surface area contributed by atoms with Gasteiger partial charge in [0.25, 0.3) is 0 Å². The van der Waals surface area contributed by atoms with Crippen LogP contribution in [-0.4, -0.2) is 37.1 Å². The largest absolute Gasteiger partial charge is 0.461 e. The van der Waals surface area contributed by atoms with Gasteiger partial charge in [0.05, 0.1) is 10.6 Å². The average molecular weight is 346 g/mol. The molecule has 124 valence electrons. The van der Waals surface area contributed by atoms with Crippen LogP contribution < -0.4 is 0 Å². The molecule has 5 heteroatoms. The van der Waals surface area contributed by atoms with E-state index in [2.05, 4.69) is 18.7 Å². The topological polar surface area (TPSA) is 29.5 Å². The standard InChI is InChI=1S/C17H25Cl2NO2/c1-3-5-9-20(10-6-4-2)11-12-22-17(21)15-8-7-14(18)13-16(15)19/h7-8,13H,3-6,9-12H2,1-2H3. The van der Waals surface area contributed by atoms with E-state index in [1.165, 1.54) is 25.7 Å².